The van der Waals surface area contributed by atoms with Crippen molar-refractivity contribution in [2.45, 2.75) is 6.92 Å². The number of furan rings is 1. The molecule has 8 rings (SSSR count). The first kappa shape index (κ1) is 22.0. The van der Waals surface area contributed by atoms with Crippen molar-refractivity contribution in [3.63, 3.8) is 0 Å². The fourth-order valence-corrected chi connectivity index (χ4v) is 6.43. The number of H-pyrrole nitrogens is 1. The fraction of sp³-hybridized carbons (Fsp3) is 0.0270. The van der Waals surface area contributed by atoms with Gasteiger partial charge in [-0.3, -0.25) is 0 Å². The standard InChI is InChI=1S/C37H25NO/c1-3-10-27-24(4-2)35-31-16-9-15-26(36(31)38-37(35)29-14-8-7-13-28(27)29)23-17-19-30-33(21-23)39-32-20-18-22-11-5-6-12-25(22)34(30)32/h3-21,38H,2H2,1H3/b10-3-. The van der Waals surface area contributed by atoms with Crippen LogP contribution in [0.1, 0.15) is 18.1 Å². The van der Waals surface area contributed by atoms with Gasteiger partial charge in [-0.1, -0.05) is 104 Å². The highest BCUT2D eigenvalue weighted by molar-refractivity contribution is 6.24. The normalized spacial score (nSPS) is 12.2. The molecule has 0 unspecified atom stereocenters. The Labute approximate surface area is 225 Å². The monoisotopic (exact) mass is 499 g/mol. The van der Waals surface area contributed by atoms with Gasteiger partial charge in [0.05, 0.1) is 11.0 Å². The molecule has 0 saturated carbocycles. The molecule has 0 aliphatic rings. The van der Waals surface area contributed by atoms with Crippen molar-refractivity contribution < 1.29 is 4.42 Å². The van der Waals surface area contributed by atoms with Crippen molar-refractivity contribution in [1.29, 1.82) is 0 Å². The Morgan fingerprint density at radius 2 is 1.44 bits per heavy atom. The number of fused-ring (bicyclic) bond motifs is 10. The molecule has 0 atom stereocenters. The Morgan fingerprint density at radius 3 is 2.28 bits per heavy atom. The molecular weight excluding hydrogens is 474 g/mol. The van der Waals surface area contributed by atoms with Crippen molar-refractivity contribution >= 4 is 77.4 Å². The van der Waals surface area contributed by atoms with E-state index >= 15 is 0 Å². The van der Waals surface area contributed by atoms with Crippen LogP contribution in [0.4, 0.5) is 0 Å². The summed E-state index contributed by atoms with van der Waals surface area (Å²) in [6.07, 6.45) is 6.29. The van der Waals surface area contributed by atoms with Gasteiger partial charge in [0, 0.05) is 32.5 Å². The fourth-order valence-electron chi connectivity index (χ4n) is 6.43. The van der Waals surface area contributed by atoms with Gasteiger partial charge in [0.25, 0.3) is 0 Å². The Balaban J connectivity index is 1.44. The molecule has 0 aliphatic heterocycles. The second kappa shape index (κ2) is 8.21. The molecule has 0 fully saturated rings. The molecule has 6 aromatic carbocycles. The molecule has 2 heteroatoms. The zero-order valence-corrected chi connectivity index (χ0v) is 21.6. The van der Waals surface area contributed by atoms with E-state index in [-0.39, 0.29) is 0 Å². The number of hydrogen-bond donors (Lipinski definition) is 1. The van der Waals surface area contributed by atoms with E-state index in [1.54, 1.807) is 0 Å². The summed E-state index contributed by atoms with van der Waals surface area (Å²) in [5, 5.41) is 9.62. The van der Waals surface area contributed by atoms with E-state index in [9.17, 15) is 0 Å². The molecule has 2 nitrogen and oxygen atoms in total. The van der Waals surface area contributed by atoms with Gasteiger partial charge < -0.3 is 9.40 Å². The number of aromatic nitrogens is 1. The third-order valence-electron chi connectivity index (χ3n) is 8.09. The lowest BCUT2D eigenvalue weighted by Gasteiger charge is -2.10. The summed E-state index contributed by atoms with van der Waals surface area (Å²) in [6, 6.07) is 34.5. The van der Waals surface area contributed by atoms with Crippen molar-refractivity contribution in [1.82, 2.24) is 4.98 Å². The van der Waals surface area contributed by atoms with Gasteiger partial charge in [-0.05, 0) is 58.0 Å². The average Bonchev–Trinajstić information content (AvgIpc) is 3.56. The van der Waals surface area contributed by atoms with E-state index in [0.717, 1.165) is 44.3 Å². The number of para-hydroxylation sites is 1. The lowest BCUT2D eigenvalue weighted by molar-refractivity contribution is 0.669. The molecule has 0 aliphatic carbocycles. The number of rotatable bonds is 3. The largest absolute Gasteiger partial charge is 0.456 e. The number of aromatic amines is 1. The van der Waals surface area contributed by atoms with Crippen LogP contribution >= 0.6 is 0 Å². The van der Waals surface area contributed by atoms with Crippen molar-refractivity contribution in [3.05, 3.63) is 121 Å². The zero-order chi connectivity index (χ0) is 26.1. The minimum absolute atomic E-state index is 0.902. The first-order chi connectivity index (χ1) is 19.3. The number of allylic oxidation sites excluding steroid dienone is 1. The smallest absolute Gasteiger partial charge is 0.136 e. The highest BCUT2D eigenvalue weighted by Crippen LogP contribution is 2.42. The predicted molar refractivity (Wildman–Crippen MR) is 168 cm³/mol. The molecule has 0 saturated heterocycles. The molecule has 8 aromatic rings. The van der Waals surface area contributed by atoms with E-state index < -0.39 is 0 Å². The summed E-state index contributed by atoms with van der Waals surface area (Å²) in [5.41, 5.74) is 8.74. The Hall–Kier alpha value is -5.08. The van der Waals surface area contributed by atoms with Gasteiger partial charge in [-0.25, -0.2) is 0 Å². The van der Waals surface area contributed by atoms with Gasteiger partial charge >= 0.3 is 0 Å². The summed E-state index contributed by atoms with van der Waals surface area (Å²) in [5.74, 6) is 0. The average molecular weight is 500 g/mol. The van der Waals surface area contributed by atoms with E-state index in [2.05, 4.69) is 128 Å². The molecule has 1 N–H and O–H groups in total. The number of benzene rings is 6. The molecule has 0 spiro atoms. The van der Waals surface area contributed by atoms with Gasteiger partial charge in [0.2, 0.25) is 0 Å². The van der Waals surface area contributed by atoms with Crippen molar-refractivity contribution in [2.24, 2.45) is 0 Å². The molecule has 2 heterocycles. The van der Waals surface area contributed by atoms with Crippen LogP contribution < -0.4 is 0 Å². The van der Waals surface area contributed by atoms with E-state index in [4.69, 9.17) is 4.42 Å². The second-order valence-electron chi connectivity index (χ2n) is 10.2. The lowest BCUT2D eigenvalue weighted by atomic mass is 9.92. The third kappa shape index (κ3) is 3.03. The highest BCUT2D eigenvalue weighted by Gasteiger charge is 2.18. The summed E-state index contributed by atoms with van der Waals surface area (Å²) in [6.45, 7) is 6.28. The van der Waals surface area contributed by atoms with Crippen LogP contribution in [0, 0.1) is 0 Å². The maximum atomic E-state index is 6.40. The number of hydrogen-bond acceptors (Lipinski definition) is 1. The number of nitrogens with one attached hydrogen (secondary N) is 1. The Kier molecular flexibility index (Phi) is 4.62. The van der Waals surface area contributed by atoms with Gasteiger partial charge in [-0.2, -0.15) is 0 Å². The predicted octanol–water partition coefficient (Wildman–Crippen LogP) is 10.9. The SMILES string of the molecule is C=Cc1c(/C=C\C)c2ccccc2c2[nH]c3c(-c4ccc5c(c4)oc4ccc6ccccc6c45)cccc3c12. The van der Waals surface area contributed by atoms with Crippen LogP contribution in [-0.4, -0.2) is 4.98 Å². The third-order valence-corrected chi connectivity index (χ3v) is 8.09. The van der Waals surface area contributed by atoms with Crippen LogP contribution in [0.15, 0.2) is 114 Å². The Morgan fingerprint density at radius 1 is 0.641 bits per heavy atom. The first-order valence-electron chi connectivity index (χ1n) is 13.4. The first-order valence-corrected chi connectivity index (χ1v) is 13.4. The zero-order valence-electron chi connectivity index (χ0n) is 21.6. The summed E-state index contributed by atoms with van der Waals surface area (Å²) in [7, 11) is 0. The highest BCUT2D eigenvalue weighted by atomic mass is 16.3. The molecule has 0 bridgehead atoms. The van der Waals surface area contributed by atoms with Crippen molar-refractivity contribution in [3.8, 4) is 11.1 Å². The van der Waals surface area contributed by atoms with Crippen LogP contribution in [0.3, 0.4) is 0 Å². The molecule has 2 aromatic heterocycles. The lowest BCUT2D eigenvalue weighted by Crippen LogP contribution is -1.87. The van der Waals surface area contributed by atoms with Crippen LogP contribution in [0.25, 0.3) is 88.6 Å². The molecule has 0 radical (unpaired) electrons. The molecule has 39 heavy (non-hydrogen) atoms. The van der Waals surface area contributed by atoms with E-state index in [1.807, 2.05) is 6.08 Å². The van der Waals surface area contributed by atoms with Gasteiger partial charge in [-0.15, -0.1) is 0 Å². The van der Waals surface area contributed by atoms with Crippen LogP contribution in [-0.2, 0) is 0 Å². The molecule has 184 valence electrons. The van der Waals surface area contributed by atoms with E-state index in [0.29, 0.717) is 0 Å². The molecule has 0 amide bonds. The minimum atomic E-state index is 0.902. The quantitative estimate of drug-likeness (QED) is 0.257. The van der Waals surface area contributed by atoms with Crippen LogP contribution in [0.5, 0.6) is 0 Å². The summed E-state index contributed by atoms with van der Waals surface area (Å²) in [4.78, 5) is 3.83. The maximum Gasteiger partial charge on any atom is 0.136 e. The van der Waals surface area contributed by atoms with E-state index in [1.165, 1.54) is 43.3 Å². The molecular formula is C37H25NO. The second-order valence-corrected chi connectivity index (χ2v) is 10.2. The van der Waals surface area contributed by atoms with Gasteiger partial charge in [0.1, 0.15) is 11.2 Å². The maximum absolute atomic E-state index is 6.40. The summed E-state index contributed by atoms with van der Waals surface area (Å²) >= 11 is 0. The topological polar surface area (TPSA) is 28.9 Å². The van der Waals surface area contributed by atoms with Gasteiger partial charge in [0.15, 0.2) is 0 Å². The summed E-state index contributed by atoms with van der Waals surface area (Å²) < 4.78 is 6.40. The van der Waals surface area contributed by atoms with Crippen LogP contribution in [0.2, 0.25) is 0 Å². The Bertz CT molecular complexity index is 2310. The van der Waals surface area contributed by atoms with Crippen molar-refractivity contribution in [2.75, 3.05) is 0 Å². The minimum Gasteiger partial charge on any atom is -0.456 e.